The van der Waals surface area contributed by atoms with Gasteiger partial charge in [0.1, 0.15) is 13.2 Å². The summed E-state index contributed by atoms with van der Waals surface area (Å²) in [5.41, 5.74) is 0. The number of unbranched alkanes of at least 4 members (excludes halogenated alkanes) is 36. The summed E-state index contributed by atoms with van der Waals surface area (Å²) >= 11 is 0. The number of carboxylic acid groups (broad SMARTS) is 1. The van der Waals surface area contributed by atoms with Gasteiger partial charge in [-0.1, -0.05) is 269 Å². The van der Waals surface area contributed by atoms with Crippen molar-refractivity contribution in [3.8, 4) is 0 Å². The first-order valence-corrected chi connectivity index (χ1v) is 30.7. The van der Waals surface area contributed by atoms with Gasteiger partial charge in [0.05, 0.1) is 34.4 Å². The molecule has 9 nitrogen and oxygen atoms in total. The Balaban J connectivity index is 3.97. The molecule has 0 fully saturated rings. The minimum atomic E-state index is -1.52. The lowest BCUT2D eigenvalue weighted by molar-refractivity contribution is -0.870. The van der Waals surface area contributed by atoms with Gasteiger partial charge in [-0.25, -0.2) is 4.79 Å². The number of carboxylic acids is 1. The number of esters is 2. The lowest BCUT2D eigenvalue weighted by Crippen LogP contribution is -2.40. The third-order valence-electron chi connectivity index (χ3n) is 13.7. The molecule has 2 unspecified atom stereocenters. The summed E-state index contributed by atoms with van der Waals surface area (Å²) in [5.74, 6) is -2.03. The van der Waals surface area contributed by atoms with Crippen molar-refractivity contribution in [2.75, 3.05) is 47.5 Å². The summed E-state index contributed by atoms with van der Waals surface area (Å²) in [7, 11) is 5.96. The van der Waals surface area contributed by atoms with Crippen LogP contribution >= 0.6 is 0 Å². The van der Waals surface area contributed by atoms with Crippen LogP contribution in [0.3, 0.4) is 0 Å². The average molecular weight is 1020 g/mol. The highest BCUT2D eigenvalue weighted by atomic mass is 16.7. The molecule has 0 bridgehead atoms. The Labute approximate surface area is 445 Å². The van der Waals surface area contributed by atoms with Crippen molar-refractivity contribution in [1.82, 2.24) is 0 Å². The number of carbonyl (C=O) groups is 3. The van der Waals surface area contributed by atoms with Gasteiger partial charge >= 0.3 is 17.9 Å². The fourth-order valence-electron chi connectivity index (χ4n) is 8.97. The minimum absolute atomic E-state index is 0.183. The smallest absolute Gasteiger partial charge is 0.361 e. The highest BCUT2D eigenvalue weighted by Gasteiger charge is 2.25. The van der Waals surface area contributed by atoms with E-state index >= 15 is 0 Å². The fourth-order valence-corrected chi connectivity index (χ4v) is 8.97. The number of ether oxygens (including phenoxy) is 4. The Bertz CT molecular complexity index is 1270. The zero-order chi connectivity index (χ0) is 52.7. The number of likely N-dealkylation sites (N-methyl/N-ethyl adjacent to an activating group) is 1. The molecule has 72 heavy (non-hydrogen) atoms. The molecule has 2 atom stereocenters. The molecule has 0 aromatic heterocycles. The van der Waals surface area contributed by atoms with Gasteiger partial charge in [0.25, 0.3) is 6.29 Å². The van der Waals surface area contributed by atoms with Gasteiger partial charge in [-0.05, 0) is 44.9 Å². The molecular formula is C63H118NO8+. The van der Waals surface area contributed by atoms with Crippen LogP contribution in [-0.2, 0) is 33.3 Å². The van der Waals surface area contributed by atoms with Gasteiger partial charge in [-0.3, -0.25) is 9.59 Å². The number of hydrogen-bond donors (Lipinski definition) is 1. The Morgan fingerprint density at radius 3 is 1.18 bits per heavy atom. The fraction of sp³-hybridized carbons (Fsp3) is 0.857. The number of aliphatic carboxylic acids is 1. The zero-order valence-electron chi connectivity index (χ0n) is 48.1. The number of rotatable bonds is 57. The number of hydrogen-bond acceptors (Lipinski definition) is 7. The van der Waals surface area contributed by atoms with Crippen molar-refractivity contribution >= 4 is 17.9 Å². The normalized spacial score (nSPS) is 13.0. The second-order valence-corrected chi connectivity index (χ2v) is 22.0. The summed E-state index contributed by atoms with van der Waals surface area (Å²) in [6.07, 6.45) is 64.2. The van der Waals surface area contributed by atoms with Gasteiger partial charge in [-0.15, -0.1) is 0 Å². The molecule has 0 spiro atoms. The van der Waals surface area contributed by atoms with Crippen molar-refractivity contribution in [3.05, 3.63) is 36.5 Å². The van der Waals surface area contributed by atoms with Gasteiger partial charge < -0.3 is 28.5 Å². The van der Waals surface area contributed by atoms with Crippen LogP contribution in [-0.4, -0.2) is 87.4 Å². The molecule has 0 amide bonds. The van der Waals surface area contributed by atoms with Crippen molar-refractivity contribution in [3.63, 3.8) is 0 Å². The third kappa shape index (κ3) is 55.3. The van der Waals surface area contributed by atoms with Gasteiger partial charge in [-0.2, -0.15) is 0 Å². The summed E-state index contributed by atoms with van der Waals surface area (Å²) in [4.78, 5) is 37.3. The number of nitrogens with zero attached hydrogens (tertiary/aromatic N) is 1. The molecule has 0 aliphatic carbocycles. The molecule has 0 rings (SSSR count). The molecule has 1 N–H and O–H groups in total. The topological polar surface area (TPSA) is 108 Å². The van der Waals surface area contributed by atoms with E-state index in [2.05, 4.69) is 50.3 Å². The molecule has 0 aromatic rings. The van der Waals surface area contributed by atoms with E-state index in [9.17, 15) is 19.5 Å². The standard InChI is InChI=1S/C63H117NO8/c1-6-8-10-12-14-16-18-20-21-22-23-24-25-26-27-28-29-30-31-32-33-34-35-36-37-38-39-40-42-43-45-47-49-51-53-60(65)70-57-59(58-71-63(62(67)68)69-56-55-64(3,4)5)72-61(66)54-52-50-48-46-44-41-19-17-15-13-11-9-7-2/h9,11,15,17,41,44,59,63H,6-8,10,12-14,16,18-40,42-43,45-58H2,1-5H3/p+1/b11-9-,17-15-,44-41-. The molecule has 9 heteroatoms. The molecule has 0 aliphatic rings. The van der Waals surface area contributed by atoms with E-state index in [0.717, 1.165) is 57.8 Å². The van der Waals surface area contributed by atoms with Crippen LogP contribution in [0, 0.1) is 0 Å². The SMILES string of the molecule is CC/C=C\C/C=C\C/C=C\CCCCCC(=O)OC(COC(=O)CCCCCCCCCCCCCCCCCCCCCCCCCCCCCCCCCCCC)COC(OCC[N+](C)(C)C)C(=O)O. The average Bonchev–Trinajstić information content (AvgIpc) is 3.35. The third-order valence-corrected chi connectivity index (χ3v) is 13.7. The van der Waals surface area contributed by atoms with Crippen LogP contribution in [0.25, 0.3) is 0 Å². The van der Waals surface area contributed by atoms with Crippen LogP contribution in [0.5, 0.6) is 0 Å². The first-order valence-electron chi connectivity index (χ1n) is 30.7. The maximum absolute atomic E-state index is 12.8. The largest absolute Gasteiger partial charge is 0.477 e. The van der Waals surface area contributed by atoms with Crippen LogP contribution in [0.2, 0.25) is 0 Å². The van der Waals surface area contributed by atoms with Crippen molar-refractivity contribution < 1.29 is 42.9 Å². The second kappa shape index (κ2) is 54.8. The number of quaternary nitrogens is 1. The first kappa shape index (κ1) is 69.5. The van der Waals surface area contributed by atoms with E-state index in [-0.39, 0.29) is 32.2 Å². The zero-order valence-corrected chi connectivity index (χ0v) is 48.1. The Morgan fingerprint density at radius 2 is 0.792 bits per heavy atom. The maximum Gasteiger partial charge on any atom is 0.361 e. The molecular weight excluding hydrogens is 899 g/mol. The highest BCUT2D eigenvalue weighted by molar-refractivity contribution is 5.71. The van der Waals surface area contributed by atoms with E-state index in [1.807, 2.05) is 21.1 Å². The first-order chi connectivity index (χ1) is 35.1. The lowest BCUT2D eigenvalue weighted by atomic mass is 10.0. The molecule has 422 valence electrons. The maximum atomic E-state index is 12.8. The minimum Gasteiger partial charge on any atom is -0.477 e. The van der Waals surface area contributed by atoms with Crippen LogP contribution in [0.4, 0.5) is 0 Å². The van der Waals surface area contributed by atoms with Crippen molar-refractivity contribution in [1.29, 1.82) is 0 Å². The summed E-state index contributed by atoms with van der Waals surface area (Å²) < 4.78 is 22.8. The van der Waals surface area contributed by atoms with E-state index in [1.165, 1.54) is 199 Å². The number of allylic oxidation sites excluding steroid dienone is 6. The molecule has 0 saturated heterocycles. The lowest BCUT2D eigenvalue weighted by Gasteiger charge is -2.25. The predicted octanol–water partition coefficient (Wildman–Crippen LogP) is 18.1. The Hall–Kier alpha value is -2.49. The molecule has 0 saturated carbocycles. The van der Waals surface area contributed by atoms with Gasteiger partial charge in [0, 0.05) is 12.8 Å². The van der Waals surface area contributed by atoms with E-state index < -0.39 is 24.3 Å². The quantitative estimate of drug-likeness (QED) is 0.0211. The van der Waals surface area contributed by atoms with Crippen molar-refractivity contribution in [2.24, 2.45) is 0 Å². The second-order valence-electron chi connectivity index (χ2n) is 22.0. The van der Waals surface area contributed by atoms with Gasteiger partial charge in [0.15, 0.2) is 6.10 Å². The summed E-state index contributed by atoms with van der Waals surface area (Å²) in [5, 5.41) is 9.68. The highest BCUT2D eigenvalue weighted by Crippen LogP contribution is 2.18. The molecule has 0 heterocycles. The summed E-state index contributed by atoms with van der Waals surface area (Å²) in [6, 6.07) is 0. The van der Waals surface area contributed by atoms with E-state index in [4.69, 9.17) is 18.9 Å². The molecule has 0 aromatic carbocycles. The van der Waals surface area contributed by atoms with Crippen LogP contribution in [0.15, 0.2) is 36.5 Å². The molecule has 0 aliphatic heterocycles. The summed E-state index contributed by atoms with van der Waals surface area (Å²) in [6.45, 7) is 4.76. The Morgan fingerprint density at radius 1 is 0.431 bits per heavy atom. The van der Waals surface area contributed by atoms with Crippen molar-refractivity contribution in [2.45, 2.75) is 302 Å². The molecule has 0 radical (unpaired) electrons. The monoisotopic (exact) mass is 1020 g/mol. The van der Waals surface area contributed by atoms with Crippen LogP contribution in [0.1, 0.15) is 290 Å². The van der Waals surface area contributed by atoms with Crippen LogP contribution < -0.4 is 0 Å². The predicted molar refractivity (Wildman–Crippen MR) is 304 cm³/mol. The van der Waals surface area contributed by atoms with Gasteiger partial charge in [0.2, 0.25) is 0 Å². The Kier molecular flexibility index (Phi) is 52.9. The number of carbonyl (C=O) groups excluding carboxylic acids is 2. The van der Waals surface area contributed by atoms with E-state index in [1.54, 1.807) is 0 Å². The van der Waals surface area contributed by atoms with E-state index in [0.29, 0.717) is 23.9 Å².